The molecule has 1 aromatic heterocycles. The number of aromatic nitrogens is 1. The Bertz CT molecular complexity index is 422. The van der Waals surface area contributed by atoms with Crippen LogP contribution in [-0.2, 0) is 0 Å². The van der Waals surface area contributed by atoms with Crippen LogP contribution in [0, 0.1) is 17.6 Å². The van der Waals surface area contributed by atoms with E-state index >= 15 is 0 Å². The summed E-state index contributed by atoms with van der Waals surface area (Å²) in [5.41, 5.74) is 5.40. The van der Waals surface area contributed by atoms with E-state index < -0.39 is 11.6 Å². The third kappa shape index (κ3) is 2.33. The third-order valence-electron chi connectivity index (χ3n) is 3.33. The number of piperidine rings is 1. The van der Waals surface area contributed by atoms with Crippen LogP contribution < -0.4 is 10.6 Å². The van der Waals surface area contributed by atoms with Crippen molar-refractivity contribution >= 4 is 11.6 Å². The molecule has 1 aliphatic rings. The molecule has 5 heteroatoms. The Morgan fingerprint density at radius 2 is 2.00 bits per heavy atom. The highest BCUT2D eigenvalue weighted by molar-refractivity contribution is 5.48. The van der Waals surface area contributed by atoms with Gasteiger partial charge in [-0.1, -0.05) is 6.92 Å². The highest BCUT2D eigenvalue weighted by Gasteiger charge is 2.26. The Kier molecular flexibility index (Phi) is 3.17. The minimum atomic E-state index is -0.802. The molecule has 0 aliphatic carbocycles. The zero-order chi connectivity index (χ0) is 12.6. The smallest absolute Gasteiger partial charge is 0.168 e. The van der Waals surface area contributed by atoms with Crippen molar-refractivity contribution in [2.75, 3.05) is 17.2 Å². The minimum absolute atomic E-state index is 0.169. The first-order chi connectivity index (χ1) is 7.99. The zero-order valence-electron chi connectivity index (χ0n) is 10.1. The topological polar surface area (TPSA) is 42.2 Å². The second-order valence-corrected chi connectivity index (χ2v) is 4.84. The van der Waals surface area contributed by atoms with E-state index in [-0.39, 0.29) is 17.7 Å². The van der Waals surface area contributed by atoms with Crippen LogP contribution in [0.1, 0.15) is 26.7 Å². The molecule has 0 radical (unpaired) electrons. The van der Waals surface area contributed by atoms with Gasteiger partial charge in [0.2, 0.25) is 0 Å². The highest BCUT2D eigenvalue weighted by Crippen LogP contribution is 2.29. The summed E-state index contributed by atoms with van der Waals surface area (Å²) >= 11 is 0. The average molecular weight is 241 g/mol. The van der Waals surface area contributed by atoms with E-state index in [4.69, 9.17) is 5.73 Å². The number of rotatable bonds is 1. The van der Waals surface area contributed by atoms with Gasteiger partial charge in [-0.2, -0.15) is 0 Å². The lowest BCUT2D eigenvalue weighted by Gasteiger charge is -2.37. The van der Waals surface area contributed by atoms with Gasteiger partial charge >= 0.3 is 0 Å². The van der Waals surface area contributed by atoms with Crippen molar-refractivity contribution in [3.63, 3.8) is 0 Å². The van der Waals surface area contributed by atoms with Gasteiger partial charge < -0.3 is 10.6 Å². The van der Waals surface area contributed by atoms with Gasteiger partial charge in [0, 0.05) is 18.7 Å². The fraction of sp³-hybridized carbons (Fsp3) is 0.583. The predicted molar refractivity (Wildman–Crippen MR) is 63.8 cm³/mol. The second kappa shape index (κ2) is 4.47. The molecular weight excluding hydrogens is 224 g/mol. The van der Waals surface area contributed by atoms with E-state index in [2.05, 4.69) is 11.9 Å². The molecule has 1 aliphatic heterocycles. The predicted octanol–water partition coefficient (Wildman–Crippen LogP) is 2.57. The average Bonchev–Trinajstić information content (AvgIpc) is 2.27. The van der Waals surface area contributed by atoms with Gasteiger partial charge in [0.1, 0.15) is 0 Å². The van der Waals surface area contributed by atoms with Crippen LogP contribution >= 0.6 is 0 Å². The number of halogens is 2. The number of hydrogen-bond donors (Lipinski definition) is 1. The number of nitrogens with zero attached hydrogens (tertiary/aromatic N) is 2. The molecule has 2 heterocycles. The minimum Gasteiger partial charge on any atom is -0.381 e. The second-order valence-electron chi connectivity index (χ2n) is 4.84. The molecule has 1 aromatic rings. The van der Waals surface area contributed by atoms with Crippen molar-refractivity contribution in [1.29, 1.82) is 0 Å². The maximum atomic E-state index is 13.7. The monoisotopic (exact) mass is 241 g/mol. The maximum absolute atomic E-state index is 13.7. The van der Waals surface area contributed by atoms with Gasteiger partial charge in [-0.25, -0.2) is 13.8 Å². The lowest BCUT2D eigenvalue weighted by molar-refractivity contribution is 0.383. The number of nitrogens with two attached hydrogens (primary N) is 1. The van der Waals surface area contributed by atoms with Gasteiger partial charge in [-0.3, -0.25) is 0 Å². The molecule has 3 nitrogen and oxygen atoms in total. The van der Waals surface area contributed by atoms with Crippen LogP contribution in [0.4, 0.5) is 20.4 Å². The molecule has 0 bridgehead atoms. The Morgan fingerprint density at radius 3 is 2.71 bits per heavy atom. The zero-order valence-corrected chi connectivity index (χ0v) is 10.1. The van der Waals surface area contributed by atoms with E-state index in [9.17, 15) is 8.78 Å². The highest BCUT2D eigenvalue weighted by atomic mass is 19.1. The molecule has 94 valence electrons. The molecule has 1 fully saturated rings. The van der Waals surface area contributed by atoms with Gasteiger partial charge in [0.05, 0.1) is 0 Å². The van der Waals surface area contributed by atoms with Crippen LogP contribution in [0.15, 0.2) is 6.07 Å². The summed E-state index contributed by atoms with van der Waals surface area (Å²) < 4.78 is 26.8. The first-order valence-corrected chi connectivity index (χ1v) is 5.87. The molecule has 17 heavy (non-hydrogen) atoms. The third-order valence-corrected chi connectivity index (χ3v) is 3.33. The van der Waals surface area contributed by atoms with Crippen molar-refractivity contribution in [1.82, 2.24) is 4.98 Å². The SMILES string of the molecule is CC1CCC(C)N(c2nc(N)c(F)cc2F)C1. The molecule has 0 spiro atoms. The van der Waals surface area contributed by atoms with Gasteiger partial charge in [-0.15, -0.1) is 0 Å². The summed E-state index contributed by atoms with van der Waals surface area (Å²) in [5, 5.41) is 0. The molecule has 0 amide bonds. The number of nitrogen functional groups attached to an aromatic ring is 1. The van der Waals surface area contributed by atoms with E-state index in [1.54, 1.807) is 0 Å². The van der Waals surface area contributed by atoms with Crippen molar-refractivity contribution in [3.8, 4) is 0 Å². The standard InChI is InChI=1S/C12H17F2N3/c1-7-3-4-8(2)17(6-7)12-10(14)5-9(13)11(15)16-12/h5,7-8H,3-4,6H2,1-2H3,(H2,15,16). The van der Waals surface area contributed by atoms with E-state index in [1.165, 1.54) is 0 Å². The first kappa shape index (κ1) is 12.1. The van der Waals surface area contributed by atoms with Crippen LogP contribution in [0.2, 0.25) is 0 Å². The summed E-state index contributed by atoms with van der Waals surface area (Å²) in [6, 6.07) is 1.02. The number of pyridine rings is 1. The molecule has 0 aromatic carbocycles. The molecule has 2 unspecified atom stereocenters. The normalized spacial score (nSPS) is 25.1. The fourth-order valence-electron chi connectivity index (χ4n) is 2.26. The summed E-state index contributed by atoms with van der Waals surface area (Å²) in [4.78, 5) is 5.71. The molecule has 2 atom stereocenters. The lowest BCUT2D eigenvalue weighted by Crippen LogP contribution is -2.42. The van der Waals surface area contributed by atoms with Crippen LogP contribution in [0.3, 0.4) is 0 Å². The molecule has 1 saturated heterocycles. The largest absolute Gasteiger partial charge is 0.381 e. The summed E-state index contributed by atoms with van der Waals surface area (Å²) in [5.74, 6) is -1.03. The molecule has 2 N–H and O–H groups in total. The van der Waals surface area contributed by atoms with Crippen LogP contribution in [-0.4, -0.2) is 17.6 Å². The lowest BCUT2D eigenvalue weighted by atomic mass is 9.95. The molecule has 2 rings (SSSR count). The van der Waals surface area contributed by atoms with Crippen molar-refractivity contribution in [2.45, 2.75) is 32.7 Å². The van der Waals surface area contributed by atoms with Gasteiger partial charge in [0.15, 0.2) is 23.3 Å². The Morgan fingerprint density at radius 1 is 1.29 bits per heavy atom. The van der Waals surface area contributed by atoms with Gasteiger partial charge in [0.25, 0.3) is 0 Å². The molecular formula is C12H17F2N3. The maximum Gasteiger partial charge on any atom is 0.168 e. The summed E-state index contributed by atoms with van der Waals surface area (Å²) in [6.45, 7) is 4.87. The quantitative estimate of drug-likeness (QED) is 0.821. The Balaban J connectivity index is 2.35. The van der Waals surface area contributed by atoms with E-state index in [0.29, 0.717) is 5.92 Å². The van der Waals surface area contributed by atoms with Gasteiger partial charge in [-0.05, 0) is 25.7 Å². The number of hydrogen-bond acceptors (Lipinski definition) is 3. The van der Waals surface area contributed by atoms with Crippen molar-refractivity contribution in [2.24, 2.45) is 5.92 Å². The number of anilines is 2. The fourth-order valence-corrected chi connectivity index (χ4v) is 2.26. The van der Waals surface area contributed by atoms with Crippen LogP contribution in [0.5, 0.6) is 0 Å². The Labute approximate surface area is 99.6 Å². The van der Waals surface area contributed by atoms with Crippen molar-refractivity contribution < 1.29 is 8.78 Å². The summed E-state index contributed by atoms with van der Waals surface area (Å²) in [6.07, 6.45) is 2.11. The van der Waals surface area contributed by atoms with Crippen LogP contribution in [0.25, 0.3) is 0 Å². The Hall–Kier alpha value is -1.39. The van der Waals surface area contributed by atoms with E-state index in [0.717, 1.165) is 25.5 Å². The summed E-state index contributed by atoms with van der Waals surface area (Å²) in [7, 11) is 0. The van der Waals surface area contributed by atoms with Crippen molar-refractivity contribution in [3.05, 3.63) is 17.7 Å². The first-order valence-electron chi connectivity index (χ1n) is 5.87. The molecule has 0 saturated carbocycles. The van der Waals surface area contributed by atoms with E-state index in [1.807, 2.05) is 11.8 Å².